The van der Waals surface area contributed by atoms with E-state index in [1.54, 1.807) is 6.07 Å². The van der Waals surface area contributed by atoms with Crippen molar-refractivity contribution in [2.75, 3.05) is 13.1 Å². The highest BCUT2D eigenvalue weighted by atomic mass is 35.5. The maximum Gasteiger partial charge on any atom is 0.122 e. The number of halogens is 1. The molecule has 3 aromatic carbocycles. The summed E-state index contributed by atoms with van der Waals surface area (Å²) in [6.07, 6.45) is 0.585. The van der Waals surface area contributed by atoms with Crippen LogP contribution in [0.2, 0.25) is 5.02 Å². The highest BCUT2D eigenvalue weighted by Gasteiger charge is 2.44. The molecule has 0 spiro atoms. The van der Waals surface area contributed by atoms with Gasteiger partial charge in [0.15, 0.2) is 0 Å². The van der Waals surface area contributed by atoms with E-state index >= 15 is 0 Å². The van der Waals surface area contributed by atoms with Crippen molar-refractivity contribution in [3.8, 4) is 6.07 Å². The summed E-state index contributed by atoms with van der Waals surface area (Å²) in [4.78, 5) is 0. The van der Waals surface area contributed by atoms with E-state index in [0.717, 1.165) is 29.7 Å². The van der Waals surface area contributed by atoms with Gasteiger partial charge in [0.1, 0.15) is 11.7 Å². The van der Waals surface area contributed by atoms with Crippen molar-refractivity contribution in [1.82, 2.24) is 5.32 Å². The maximum absolute atomic E-state index is 9.18. The van der Waals surface area contributed by atoms with E-state index in [1.807, 2.05) is 60.7 Å². The summed E-state index contributed by atoms with van der Waals surface area (Å²) in [5.41, 5.74) is 3.18. The molecule has 0 aliphatic carbocycles. The number of hydrogen-bond donors (Lipinski definition) is 1. The lowest BCUT2D eigenvalue weighted by atomic mass is 9.82. The van der Waals surface area contributed by atoms with Gasteiger partial charge in [-0.05, 0) is 53.9 Å². The van der Waals surface area contributed by atoms with Crippen LogP contribution in [-0.2, 0) is 28.3 Å². The van der Waals surface area contributed by atoms with E-state index < -0.39 is 5.60 Å². The summed E-state index contributed by atoms with van der Waals surface area (Å²) >= 11 is 6.16. The Morgan fingerprint density at radius 2 is 1.74 bits per heavy atom. The molecule has 31 heavy (non-hydrogen) atoms. The summed E-state index contributed by atoms with van der Waals surface area (Å²) in [7, 11) is 0. The molecule has 0 amide bonds. The zero-order chi connectivity index (χ0) is 21.5. The summed E-state index contributed by atoms with van der Waals surface area (Å²) in [5.74, 6) is 0. The third-order valence-electron chi connectivity index (χ3n) is 5.70. The Bertz CT molecular complexity index is 1030. The first-order chi connectivity index (χ1) is 15.2. The lowest BCUT2D eigenvalue weighted by molar-refractivity contribution is -0.176. The second-order valence-corrected chi connectivity index (χ2v) is 8.17. The molecule has 1 saturated heterocycles. The number of nitrogens with one attached hydrogen (secondary N) is 1. The fraction of sp³-hybridized carbons (Fsp3) is 0.269. The molecule has 158 valence electrons. The zero-order valence-corrected chi connectivity index (χ0v) is 18.0. The lowest BCUT2D eigenvalue weighted by Crippen LogP contribution is -2.54. The lowest BCUT2D eigenvalue weighted by Gasteiger charge is -2.44. The van der Waals surface area contributed by atoms with Crippen molar-refractivity contribution < 1.29 is 9.47 Å². The van der Waals surface area contributed by atoms with Gasteiger partial charge in [0, 0.05) is 11.6 Å². The Morgan fingerprint density at radius 1 is 0.968 bits per heavy atom. The fourth-order valence-corrected chi connectivity index (χ4v) is 4.18. The predicted molar refractivity (Wildman–Crippen MR) is 122 cm³/mol. The molecule has 3 aromatic rings. The zero-order valence-electron chi connectivity index (χ0n) is 17.3. The Morgan fingerprint density at radius 3 is 2.52 bits per heavy atom. The van der Waals surface area contributed by atoms with Crippen LogP contribution >= 0.6 is 11.6 Å². The minimum absolute atomic E-state index is 0.197. The molecule has 0 radical (unpaired) electrons. The average molecular weight is 433 g/mol. The summed E-state index contributed by atoms with van der Waals surface area (Å²) < 4.78 is 13.1. The highest BCUT2D eigenvalue weighted by molar-refractivity contribution is 6.30. The Balaban J connectivity index is 1.61. The van der Waals surface area contributed by atoms with Gasteiger partial charge in [-0.1, -0.05) is 66.2 Å². The first kappa shape index (κ1) is 21.5. The van der Waals surface area contributed by atoms with Crippen molar-refractivity contribution in [3.05, 3.63) is 106 Å². The van der Waals surface area contributed by atoms with Gasteiger partial charge in [-0.3, -0.25) is 0 Å². The molecule has 4 nitrogen and oxygen atoms in total. The van der Waals surface area contributed by atoms with Crippen LogP contribution in [0.15, 0.2) is 78.9 Å². The Labute approximate surface area is 188 Å². The van der Waals surface area contributed by atoms with Crippen molar-refractivity contribution in [1.29, 1.82) is 5.26 Å². The molecule has 5 heteroatoms. The molecular weight excluding hydrogens is 408 g/mol. The molecule has 2 atom stereocenters. The Hall–Kier alpha value is -2.68. The van der Waals surface area contributed by atoms with Crippen molar-refractivity contribution in [2.45, 2.75) is 31.3 Å². The van der Waals surface area contributed by atoms with E-state index in [4.69, 9.17) is 21.1 Å². The van der Waals surface area contributed by atoms with E-state index in [0.29, 0.717) is 30.3 Å². The molecule has 1 heterocycles. The molecular formula is C26H25ClN2O2. The molecule has 1 fully saturated rings. The van der Waals surface area contributed by atoms with Crippen LogP contribution in [0.25, 0.3) is 0 Å². The molecule has 1 aliphatic heterocycles. The van der Waals surface area contributed by atoms with Crippen LogP contribution < -0.4 is 5.32 Å². The predicted octanol–water partition coefficient (Wildman–Crippen LogP) is 5.20. The summed E-state index contributed by atoms with van der Waals surface area (Å²) in [6, 6.07) is 27.8. The normalized spacial score (nSPS) is 20.8. The fourth-order valence-electron chi connectivity index (χ4n) is 4.05. The maximum atomic E-state index is 9.18. The minimum Gasteiger partial charge on any atom is -0.369 e. The van der Waals surface area contributed by atoms with Crippen LogP contribution in [0, 0.1) is 11.3 Å². The van der Waals surface area contributed by atoms with Gasteiger partial charge in [0.05, 0.1) is 24.8 Å². The van der Waals surface area contributed by atoms with Crippen LogP contribution in [0.3, 0.4) is 0 Å². The average Bonchev–Trinajstić information content (AvgIpc) is 2.83. The topological polar surface area (TPSA) is 54.3 Å². The van der Waals surface area contributed by atoms with Gasteiger partial charge < -0.3 is 14.8 Å². The van der Waals surface area contributed by atoms with Crippen LogP contribution in [-0.4, -0.2) is 19.2 Å². The van der Waals surface area contributed by atoms with Crippen LogP contribution in [0.4, 0.5) is 0 Å². The quantitative estimate of drug-likeness (QED) is 0.557. The third kappa shape index (κ3) is 5.15. The van der Waals surface area contributed by atoms with Crippen molar-refractivity contribution in [2.24, 2.45) is 0 Å². The minimum atomic E-state index is -0.599. The molecule has 0 aromatic heterocycles. The van der Waals surface area contributed by atoms with E-state index in [1.165, 1.54) is 0 Å². The summed E-state index contributed by atoms with van der Waals surface area (Å²) in [5, 5.41) is 13.3. The molecule has 0 saturated carbocycles. The number of piperidine rings is 1. The largest absolute Gasteiger partial charge is 0.369 e. The number of ether oxygens (including phenoxy) is 2. The van der Waals surface area contributed by atoms with Crippen LogP contribution in [0.1, 0.15) is 28.7 Å². The Kier molecular flexibility index (Phi) is 7.01. The molecule has 1 aliphatic rings. The third-order valence-corrected chi connectivity index (χ3v) is 5.95. The first-order valence-corrected chi connectivity index (χ1v) is 10.8. The summed E-state index contributed by atoms with van der Waals surface area (Å²) in [6.45, 7) is 2.41. The number of nitrogens with zero attached hydrogens (tertiary/aromatic N) is 1. The highest BCUT2D eigenvalue weighted by Crippen LogP contribution is 2.38. The number of benzene rings is 3. The van der Waals surface area contributed by atoms with E-state index in [-0.39, 0.29) is 6.10 Å². The van der Waals surface area contributed by atoms with Crippen molar-refractivity contribution in [3.63, 3.8) is 0 Å². The molecule has 0 unspecified atom stereocenters. The first-order valence-electron chi connectivity index (χ1n) is 10.4. The number of rotatable bonds is 7. The smallest absolute Gasteiger partial charge is 0.122 e. The van der Waals surface area contributed by atoms with Gasteiger partial charge in [0.25, 0.3) is 0 Å². The van der Waals surface area contributed by atoms with E-state index in [2.05, 4.69) is 23.5 Å². The van der Waals surface area contributed by atoms with Crippen LogP contribution in [0.5, 0.6) is 0 Å². The van der Waals surface area contributed by atoms with Gasteiger partial charge in [0.2, 0.25) is 0 Å². The van der Waals surface area contributed by atoms with Crippen molar-refractivity contribution >= 4 is 11.6 Å². The van der Waals surface area contributed by atoms with E-state index in [9.17, 15) is 5.26 Å². The second-order valence-electron chi connectivity index (χ2n) is 7.74. The molecule has 1 N–H and O–H groups in total. The SMILES string of the molecule is N#Cc1cccc(CO[C@H]2CNCC[C@@]2(OCc2ccccc2)c2ccc(Cl)cc2)c1. The number of nitriles is 1. The van der Waals surface area contributed by atoms with Gasteiger partial charge in [-0.2, -0.15) is 5.26 Å². The molecule has 4 rings (SSSR count). The standard InChI is InChI=1S/C26H25ClN2O2/c27-24-11-9-23(10-12-24)26(31-19-20-5-2-1-3-6-20)13-14-29-17-25(26)30-18-22-8-4-7-21(15-22)16-28/h1-12,15,25,29H,13-14,17-19H2/t25-,26+/m0/s1. The van der Waals surface area contributed by atoms with Gasteiger partial charge >= 0.3 is 0 Å². The molecule has 0 bridgehead atoms. The van der Waals surface area contributed by atoms with Gasteiger partial charge in [-0.25, -0.2) is 0 Å². The monoisotopic (exact) mass is 432 g/mol. The second kappa shape index (κ2) is 10.1. The number of hydrogen-bond acceptors (Lipinski definition) is 4. The van der Waals surface area contributed by atoms with Gasteiger partial charge in [-0.15, -0.1) is 0 Å².